The average molecular weight is 319 g/mol. The number of nitrogens with zero attached hydrogens (tertiary/aromatic N) is 5. The van der Waals surface area contributed by atoms with E-state index in [1.54, 1.807) is 10.6 Å². The fraction of sp³-hybridized carbons (Fsp3) is 0.429. The van der Waals surface area contributed by atoms with Gasteiger partial charge in [-0.15, -0.1) is 0 Å². The minimum atomic E-state index is -0.661. The number of ether oxygens (including phenoxy) is 1. The van der Waals surface area contributed by atoms with Gasteiger partial charge in [-0.05, 0) is 13.8 Å². The van der Waals surface area contributed by atoms with Crippen LogP contribution in [0.5, 0.6) is 0 Å². The third-order valence-electron chi connectivity index (χ3n) is 3.97. The fourth-order valence-electron chi connectivity index (χ4n) is 2.78. The summed E-state index contributed by atoms with van der Waals surface area (Å²) in [6.45, 7) is 4.15. The van der Waals surface area contributed by atoms with Crippen molar-refractivity contribution in [2.24, 2.45) is 7.05 Å². The Kier molecular flexibility index (Phi) is 3.35. The molecule has 0 aliphatic rings. The quantitative estimate of drug-likeness (QED) is 0.615. The maximum absolute atomic E-state index is 12.7. The number of esters is 1. The van der Waals surface area contributed by atoms with E-state index in [4.69, 9.17) is 0 Å². The van der Waals surface area contributed by atoms with Crippen LogP contribution < -0.4 is 11.2 Å². The van der Waals surface area contributed by atoms with E-state index in [1.165, 1.54) is 18.7 Å². The molecule has 0 aliphatic carbocycles. The highest BCUT2D eigenvalue weighted by atomic mass is 16.5. The smallest absolute Gasteiger partial charge is 0.333 e. The lowest BCUT2D eigenvalue weighted by atomic mass is 10.4. The van der Waals surface area contributed by atoms with E-state index in [9.17, 15) is 14.4 Å². The van der Waals surface area contributed by atoms with E-state index in [-0.39, 0.29) is 5.52 Å². The van der Waals surface area contributed by atoms with Crippen LogP contribution in [0.4, 0.5) is 0 Å². The summed E-state index contributed by atoms with van der Waals surface area (Å²) in [5, 5.41) is 0. The number of carbonyl (C=O) groups is 1. The maximum Gasteiger partial charge on any atom is 0.333 e. The molecule has 0 aromatic carbocycles. The SMILES string of the molecule is CCn1c(C)cn2c3c(=O)n(CC(=O)OC)c(=O)n(C)c3nc12. The third kappa shape index (κ3) is 2.00. The molecule has 23 heavy (non-hydrogen) atoms. The van der Waals surface area contributed by atoms with Gasteiger partial charge in [0.25, 0.3) is 5.56 Å². The summed E-state index contributed by atoms with van der Waals surface area (Å²) in [7, 11) is 2.73. The largest absolute Gasteiger partial charge is 0.468 e. The minimum Gasteiger partial charge on any atom is -0.468 e. The van der Waals surface area contributed by atoms with Crippen LogP contribution in [-0.4, -0.2) is 36.2 Å². The summed E-state index contributed by atoms with van der Waals surface area (Å²) in [6, 6.07) is 0. The molecule has 0 radical (unpaired) electrons. The second kappa shape index (κ2) is 5.11. The van der Waals surface area contributed by atoms with Crippen molar-refractivity contribution in [2.45, 2.75) is 26.9 Å². The van der Waals surface area contributed by atoms with Crippen molar-refractivity contribution >= 4 is 22.9 Å². The van der Waals surface area contributed by atoms with Crippen molar-refractivity contribution < 1.29 is 9.53 Å². The highest BCUT2D eigenvalue weighted by molar-refractivity contribution is 5.76. The summed E-state index contributed by atoms with van der Waals surface area (Å²) in [5.74, 6) is -0.0745. The zero-order valence-electron chi connectivity index (χ0n) is 13.4. The molecule has 9 heteroatoms. The monoisotopic (exact) mass is 319 g/mol. The highest BCUT2D eigenvalue weighted by Crippen LogP contribution is 2.15. The molecule has 0 aliphatic heterocycles. The maximum atomic E-state index is 12.7. The van der Waals surface area contributed by atoms with E-state index in [2.05, 4.69) is 9.72 Å². The Morgan fingerprint density at radius 1 is 1.30 bits per heavy atom. The number of hydrogen-bond donors (Lipinski definition) is 0. The van der Waals surface area contributed by atoms with Crippen LogP contribution in [0, 0.1) is 6.92 Å². The molecular formula is C14H17N5O4. The molecule has 3 aromatic rings. The van der Waals surface area contributed by atoms with Gasteiger partial charge in [0.15, 0.2) is 11.2 Å². The molecule has 0 fully saturated rings. The Labute approximate surface area is 130 Å². The zero-order valence-corrected chi connectivity index (χ0v) is 13.4. The van der Waals surface area contributed by atoms with Gasteiger partial charge in [-0.1, -0.05) is 0 Å². The first-order valence-electron chi connectivity index (χ1n) is 7.15. The summed E-state index contributed by atoms with van der Waals surface area (Å²) in [6.07, 6.45) is 1.79. The predicted octanol–water partition coefficient (Wildman–Crippen LogP) is -0.349. The molecule has 3 heterocycles. The number of aromatic nitrogens is 5. The van der Waals surface area contributed by atoms with Crippen molar-refractivity contribution in [1.82, 2.24) is 23.1 Å². The fourth-order valence-corrected chi connectivity index (χ4v) is 2.78. The molecule has 0 spiro atoms. The van der Waals surface area contributed by atoms with Crippen LogP contribution in [0.3, 0.4) is 0 Å². The van der Waals surface area contributed by atoms with E-state index in [0.717, 1.165) is 10.3 Å². The first-order chi connectivity index (χ1) is 10.9. The molecule has 0 N–H and O–H groups in total. The van der Waals surface area contributed by atoms with Crippen molar-refractivity contribution in [1.29, 1.82) is 0 Å². The number of rotatable bonds is 3. The lowest BCUT2D eigenvalue weighted by Gasteiger charge is -2.06. The standard InChI is InChI=1S/C14H17N5O4/c1-5-17-8(2)6-18-10-11(15-13(17)18)16(3)14(22)19(12(10)21)7-9(20)23-4/h6H,5,7H2,1-4H3. The van der Waals surface area contributed by atoms with Gasteiger partial charge in [0.05, 0.1) is 7.11 Å². The third-order valence-corrected chi connectivity index (χ3v) is 3.97. The molecular weight excluding hydrogens is 302 g/mol. The van der Waals surface area contributed by atoms with Crippen molar-refractivity contribution in [2.75, 3.05) is 7.11 Å². The van der Waals surface area contributed by atoms with Crippen LogP contribution in [0.15, 0.2) is 15.8 Å². The number of fused-ring (bicyclic) bond motifs is 3. The number of carbonyl (C=O) groups excluding carboxylic acids is 1. The van der Waals surface area contributed by atoms with Crippen LogP contribution in [-0.2, 0) is 29.7 Å². The number of imidazole rings is 2. The Hall–Kier alpha value is -2.84. The molecule has 0 unspecified atom stereocenters. The van der Waals surface area contributed by atoms with Gasteiger partial charge in [0, 0.05) is 25.5 Å². The Balaban J connectivity index is 2.45. The Bertz CT molecular complexity index is 1050. The summed E-state index contributed by atoms with van der Waals surface area (Å²) in [5.41, 5.74) is 0.340. The second-order valence-corrected chi connectivity index (χ2v) is 5.28. The molecule has 3 rings (SSSR count). The van der Waals surface area contributed by atoms with Crippen LogP contribution in [0.2, 0.25) is 0 Å². The van der Waals surface area contributed by atoms with Crippen LogP contribution >= 0.6 is 0 Å². The van der Waals surface area contributed by atoms with Gasteiger partial charge >= 0.3 is 11.7 Å². The summed E-state index contributed by atoms with van der Waals surface area (Å²) < 4.78 is 10.3. The lowest BCUT2D eigenvalue weighted by Crippen LogP contribution is -2.41. The predicted molar refractivity (Wildman–Crippen MR) is 82.6 cm³/mol. The van der Waals surface area contributed by atoms with Crippen molar-refractivity contribution in [3.05, 3.63) is 32.7 Å². The lowest BCUT2D eigenvalue weighted by molar-refractivity contribution is -0.141. The van der Waals surface area contributed by atoms with Gasteiger partial charge in [-0.25, -0.2) is 9.36 Å². The summed E-state index contributed by atoms with van der Waals surface area (Å²) in [4.78, 5) is 41.0. The topological polar surface area (TPSA) is 92.5 Å². The molecule has 3 aromatic heterocycles. The minimum absolute atomic E-state index is 0.265. The average Bonchev–Trinajstić information content (AvgIpc) is 3.03. The molecule has 0 saturated heterocycles. The molecule has 122 valence electrons. The molecule has 0 saturated carbocycles. The van der Waals surface area contributed by atoms with E-state index >= 15 is 0 Å². The van der Waals surface area contributed by atoms with Gasteiger partial charge in [-0.2, -0.15) is 4.98 Å². The van der Waals surface area contributed by atoms with E-state index < -0.39 is 23.8 Å². The van der Waals surface area contributed by atoms with Gasteiger partial charge in [0.2, 0.25) is 5.78 Å². The normalized spacial score (nSPS) is 11.5. The highest BCUT2D eigenvalue weighted by Gasteiger charge is 2.20. The molecule has 0 amide bonds. The van der Waals surface area contributed by atoms with Crippen LogP contribution in [0.1, 0.15) is 12.6 Å². The first kappa shape index (κ1) is 15.1. The van der Waals surface area contributed by atoms with Crippen LogP contribution in [0.25, 0.3) is 16.9 Å². The first-order valence-corrected chi connectivity index (χ1v) is 7.15. The van der Waals surface area contributed by atoms with Gasteiger partial charge < -0.3 is 9.30 Å². The van der Waals surface area contributed by atoms with Crippen molar-refractivity contribution in [3.63, 3.8) is 0 Å². The summed E-state index contributed by atoms with van der Waals surface area (Å²) >= 11 is 0. The molecule has 0 bridgehead atoms. The second-order valence-electron chi connectivity index (χ2n) is 5.28. The number of hydrogen-bond acceptors (Lipinski definition) is 5. The van der Waals surface area contributed by atoms with Crippen molar-refractivity contribution in [3.8, 4) is 0 Å². The number of methoxy groups -OCH3 is 1. The van der Waals surface area contributed by atoms with E-state index in [1.807, 2.05) is 18.4 Å². The Morgan fingerprint density at radius 2 is 2.00 bits per heavy atom. The van der Waals surface area contributed by atoms with Gasteiger partial charge in [-0.3, -0.25) is 18.6 Å². The molecule has 9 nitrogen and oxygen atoms in total. The zero-order chi connectivity index (χ0) is 16.9. The number of aryl methyl sites for hydroxylation is 3. The molecule has 0 atom stereocenters. The Morgan fingerprint density at radius 3 is 2.61 bits per heavy atom. The van der Waals surface area contributed by atoms with Gasteiger partial charge in [0.1, 0.15) is 6.54 Å². The van der Waals surface area contributed by atoms with E-state index in [0.29, 0.717) is 18.0 Å².